The lowest BCUT2D eigenvalue weighted by atomic mass is 10.1. The van der Waals surface area contributed by atoms with Crippen LogP contribution in [0.4, 0.5) is 5.69 Å². The van der Waals surface area contributed by atoms with Crippen LogP contribution in [0.5, 0.6) is 0 Å². The zero-order chi connectivity index (χ0) is 26.9. The molecule has 0 fully saturated rings. The molecular weight excluding hydrogens is 606 g/mol. The number of benzene rings is 3. The number of hydrogen-bond donors (Lipinski definition) is 3. The minimum atomic E-state index is -4.28. The first-order valence-electron chi connectivity index (χ1n) is 9.91. The Labute approximate surface area is 234 Å². The lowest BCUT2D eigenvalue weighted by Crippen LogP contribution is -2.28. The van der Waals surface area contributed by atoms with Crippen molar-refractivity contribution in [3.8, 4) is 0 Å². The summed E-state index contributed by atoms with van der Waals surface area (Å²) in [6.45, 7) is 0. The molecule has 0 bridgehead atoms. The number of aromatic nitrogens is 2. The molecule has 0 atom stereocenters. The number of carbonyl (C=O) groups is 2. The van der Waals surface area contributed by atoms with Crippen molar-refractivity contribution in [2.45, 2.75) is 4.90 Å². The number of aliphatic carboxylic acids is 1. The SMILES string of the molecule is O=C(O)/C(=C/c1ccc(Cl)c(Cl)c1)NC(=O)c1cc(Cl)c(Cl)cc1NS(=O)(=O)c1cccc2nsnc12. The van der Waals surface area contributed by atoms with Gasteiger partial charge in [0.2, 0.25) is 0 Å². The lowest BCUT2D eigenvalue weighted by Gasteiger charge is -2.15. The van der Waals surface area contributed by atoms with Crippen molar-refractivity contribution in [1.29, 1.82) is 0 Å². The van der Waals surface area contributed by atoms with Gasteiger partial charge in [0.1, 0.15) is 21.6 Å². The number of rotatable bonds is 7. The second kappa shape index (κ2) is 10.8. The third kappa shape index (κ3) is 5.98. The summed E-state index contributed by atoms with van der Waals surface area (Å²) < 4.78 is 36.8. The van der Waals surface area contributed by atoms with Crippen LogP contribution in [0.25, 0.3) is 17.1 Å². The standard InChI is InChI=1S/C22H12Cl4N4O5S2/c23-12-5-4-10(6-13(12)24)7-18(22(32)33)27-21(31)11-8-14(25)15(26)9-17(11)30-37(34,35)19-3-1-2-16-20(19)29-36-28-16/h1-9,30H,(H,27,31)(H,32,33)/b18-7-. The van der Waals surface area contributed by atoms with E-state index in [1.54, 1.807) is 6.07 Å². The Bertz CT molecular complexity index is 1710. The predicted octanol–water partition coefficient (Wildman–Crippen LogP) is 5.96. The maximum absolute atomic E-state index is 13.2. The molecular formula is C22H12Cl4N4O5S2. The Kier molecular flexibility index (Phi) is 7.93. The third-order valence-electron chi connectivity index (χ3n) is 4.82. The van der Waals surface area contributed by atoms with E-state index in [9.17, 15) is 23.1 Å². The highest BCUT2D eigenvalue weighted by molar-refractivity contribution is 7.93. The van der Waals surface area contributed by atoms with Crippen molar-refractivity contribution >= 4 is 103 Å². The van der Waals surface area contributed by atoms with Crippen molar-refractivity contribution in [1.82, 2.24) is 14.1 Å². The highest BCUT2D eigenvalue weighted by Gasteiger charge is 2.24. The van der Waals surface area contributed by atoms with Crippen LogP contribution in [0.3, 0.4) is 0 Å². The van der Waals surface area contributed by atoms with Gasteiger partial charge in [0.25, 0.3) is 15.9 Å². The molecule has 190 valence electrons. The summed E-state index contributed by atoms with van der Waals surface area (Å²) in [6, 6.07) is 11.0. The van der Waals surface area contributed by atoms with Gasteiger partial charge < -0.3 is 10.4 Å². The number of fused-ring (bicyclic) bond motifs is 1. The quantitative estimate of drug-likeness (QED) is 0.217. The number of carbonyl (C=O) groups excluding carboxylic acids is 1. The summed E-state index contributed by atoms with van der Waals surface area (Å²) >= 11 is 24.9. The van der Waals surface area contributed by atoms with E-state index in [2.05, 4.69) is 18.8 Å². The molecule has 0 saturated carbocycles. The van der Waals surface area contributed by atoms with Crippen LogP contribution in [-0.4, -0.2) is 34.1 Å². The fraction of sp³-hybridized carbons (Fsp3) is 0. The first-order chi connectivity index (χ1) is 17.5. The maximum atomic E-state index is 13.2. The van der Waals surface area contributed by atoms with Gasteiger partial charge in [-0.05, 0) is 48.0 Å². The molecule has 9 nitrogen and oxygen atoms in total. The highest BCUT2D eigenvalue weighted by atomic mass is 35.5. The molecule has 0 radical (unpaired) electrons. The smallest absolute Gasteiger partial charge is 0.352 e. The number of nitrogens with one attached hydrogen (secondary N) is 2. The predicted molar refractivity (Wildman–Crippen MR) is 144 cm³/mol. The molecule has 15 heteroatoms. The van der Waals surface area contributed by atoms with Crippen molar-refractivity contribution in [2.24, 2.45) is 0 Å². The number of halogens is 4. The molecule has 1 aromatic heterocycles. The molecule has 0 spiro atoms. The third-order valence-corrected chi connectivity index (χ3v) is 8.22. The minimum absolute atomic E-state index is 0.0470. The Hall–Kier alpha value is -2.93. The van der Waals surface area contributed by atoms with Gasteiger partial charge in [0, 0.05) is 0 Å². The monoisotopic (exact) mass is 616 g/mol. The second-order valence-corrected chi connectivity index (χ2v) is 11.1. The average Bonchev–Trinajstić information content (AvgIpc) is 3.31. The first kappa shape index (κ1) is 27.1. The van der Waals surface area contributed by atoms with Crippen molar-refractivity contribution < 1.29 is 23.1 Å². The largest absolute Gasteiger partial charge is 0.477 e. The van der Waals surface area contributed by atoms with Crippen LogP contribution >= 0.6 is 58.1 Å². The van der Waals surface area contributed by atoms with E-state index in [1.165, 1.54) is 30.3 Å². The van der Waals surface area contributed by atoms with Crippen LogP contribution in [0, 0.1) is 0 Å². The van der Waals surface area contributed by atoms with Gasteiger partial charge in [-0.2, -0.15) is 8.75 Å². The van der Waals surface area contributed by atoms with Crippen LogP contribution in [0.1, 0.15) is 15.9 Å². The van der Waals surface area contributed by atoms with Crippen molar-refractivity contribution in [2.75, 3.05) is 4.72 Å². The lowest BCUT2D eigenvalue weighted by molar-refractivity contribution is -0.132. The molecule has 3 aromatic carbocycles. The van der Waals surface area contributed by atoms with Gasteiger partial charge in [-0.1, -0.05) is 58.5 Å². The van der Waals surface area contributed by atoms with Crippen molar-refractivity contribution in [3.05, 3.63) is 85.4 Å². The van der Waals surface area contributed by atoms with E-state index in [0.717, 1.165) is 29.9 Å². The normalized spacial score (nSPS) is 11.9. The summed E-state index contributed by atoms with van der Waals surface area (Å²) in [4.78, 5) is 24.8. The molecule has 37 heavy (non-hydrogen) atoms. The van der Waals surface area contributed by atoms with Crippen LogP contribution in [-0.2, 0) is 14.8 Å². The Morgan fingerprint density at radius 3 is 2.32 bits per heavy atom. The number of nitrogens with zero attached hydrogens (tertiary/aromatic N) is 2. The number of sulfonamides is 1. The number of anilines is 1. The summed E-state index contributed by atoms with van der Waals surface area (Å²) in [7, 11) is -4.28. The molecule has 4 aromatic rings. The molecule has 0 unspecified atom stereocenters. The molecule has 0 aliphatic carbocycles. The van der Waals surface area contributed by atoms with Gasteiger partial charge in [0.05, 0.1) is 43.1 Å². The first-order valence-corrected chi connectivity index (χ1v) is 13.6. The summed E-state index contributed by atoms with van der Waals surface area (Å²) in [5.41, 5.74) is -0.203. The maximum Gasteiger partial charge on any atom is 0.352 e. The highest BCUT2D eigenvalue weighted by Crippen LogP contribution is 2.32. The van der Waals surface area contributed by atoms with Crippen LogP contribution in [0.15, 0.2) is 59.1 Å². The fourth-order valence-electron chi connectivity index (χ4n) is 3.13. The summed E-state index contributed by atoms with van der Waals surface area (Å²) in [5.74, 6) is -2.44. The molecule has 4 rings (SSSR count). The molecule has 0 aliphatic rings. The van der Waals surface area contributed by atoms with E-state index < -0.39 is 27.6 Å². The zero-order valence-electron chi connectivity index (χ0n) is 18.0. The zero-order valence-corrected chi connectivity index (χ0v) is 22.7. The van der Waals surface area contributed by atoms with E-state index in [1.807, 2.05) is 0 Å². The Morgan fingerprint density at radius 2 is 1.62 bits per heavy atom. The molecule has 1 heterocycles. The minimum Gasteiger partial charge on any atom is -0.477 e. The van der Waals surface area contributed by atoms with Gasteiger partial charge in [-0.25, -0.2) is 13.2 Å². The Morgan fingerprint density at radius 1 is 0.919 bits per heavy atom. The molecule has 3 N–H and O–H groups in total. The number of carboxylic acid groups (broad SMARTS) is 1. The summed E-state index contributed by atoms with van der Waals surface area (Å²) in [6.07, 6.45) is 1.15. The van der Waals surface area contributed by atoms with Gasteiger partial charge in [-0.3, -0.25) is 9.52 Å². The van der Waals surface area contributed by atoms with Gasteiger partial charge >= 0.3 is 5.97 Å². The van der Waals surface area contributed by atoms with Gasteiger partial charge in [0.15, 0.2) is 0 Å². The number of carboxylic acids is 1. The van der Waals surface area contributed by atoms with Crippen LogP contribution in [0.2, 0.25) is 20.1 Å². The van der Waals surface area contributed by atoms with E-state index in [0.29, 0.717) is 11.1 Å². The van der Waals surface area contributed by atoms with Gasteiger partial charge in [-0.15, -0.1) is 0 Å². The fourth-order valence-corrected chi connectivity index (χ4v) is 5.60. The molecule has 0 aliphatic heterocycles. The number of amides is 1. The average molecular weight is 618 g/mol. The van der Waals surface area contributed by atoms with E-state index >= 15 is 0 Å². The van der Waals surface area contributed by atoms with E-state index in [-0.39, 0.29) is 41.8 Å². The second-order valence-electron chi connectivity index (χ2n) is 7.30. The molecule has 1 amide bonds. The summed E-state index contributed by atoms with van der Waals surface area (Å²) in [5, 5.41) is 12.2. The van der Waals surface area contributed by atoms with Crippen molar-refractivity contribution in [3.63, 3.8) is 0 Å². The Balaban J connectivity index is 1.71. The number of hydrogen-bond acceptors (Lipinski definition) is 7. The van der Waals surface area contributed by atoms with E-state index in [4.69, 9.17) is 46.4 Å². The molecule has 0 saturated heterocycles. The topological polar surface area (TPSA) is 138 Å². The van der Waals surface area contributed by atoms with Crippen LogP contribution < -0.4 is 10.0 Å².